The molecule has 7 nitrogen and oxygen atoms in total. The largest absolute Gasteiger partial charge is 0.325 e. The van der Waals surface area contributed by atoms with Gasteiger partial charge in [-0.05, 0) is 27.7 Å². The molecular formula is C13H18N4O3S. The standard InChI is InChI=1S/C13H18N4O3S/c1-7-8(2)21-11(14-7)15-9(18)5-6-17-10(19)13(3,4)16-12(17)20/h5-6H2,1-4H3,(H,16,20)(H,14,15,18). The van der Waals surface area contributed by atoms with E-state index in [1.807, 2.05) is 13.8 Å². The van der Waals surface area contributed by atoms with Gasteiger partial charge in [0.1, 0.15) is 5.54 Å². The third-order valence-electron chi connectivity index (χ3n) is 3.28. The summed E-state index contributed by atoms with van der Waals surface area (Å²) in [5.41, 5.74) is -0.0250. The summed E-state index contributed by atoms with van der Waals surface area (Å²) in [5.74, 6) is -0.588. The first-order valence-corrected chi connectivity index (χ1v) is 7.40. The van der Waals surface area contributed by atoms with Gasteiger partial charge in [-0.15, -0.1) is 11.3 Å². The quantitative estimate of drug-likeness (QED) is 0.823. The lowest BCUT2D eigenvalue weighted by atomic mass is 10.1. The summed E-state index contributed by atoms with van der Waals surface area (Å²) in [6.45, 7) is 7.13. The van der Waals surface area contributed by atoms with Gasteiger partial charge in [0.15, 0.2) is 5.13 Å². The number of aromatic nitrogens is 1. The predicted molar refractivity (Wildman–Crippen MR) is 79.2 cm³/mol. The highest BCUT2D eigenvalue weighted by Crippen LogP contribution is 2.21. The minimum Gasteiger partial charge on any atom is -0.324 e. The van der Waals surface area contributed by atoms with Crippen LogP contribution in [0.4, 0.5) is 9.93 Å². The fraction of sp³-hybridized carbons (Fsp3) is 0.538. The molecule has 1 aliphatic rings. The van der Waals surface area contributed by atoms with Crippen molar-refractivity contribution in [3.8, 4) is 0 Å². The van der Waals surface area contributed by atoms with Gasteiger partial charge in [0.25, 0.3) is 5.91 Å². The SMILES string of the molecule is Cc1nc(NC(=O)CCN2C(=O)NC(C)(C)C2=O)sc1C. The van der Waals surface area contributed by atoms with Crippen LogP contribution in [0.1, 0.15) is 30.8 Å². The van der Waals surface area contributed by atoms with Crippen molar-refractivity contribution in [1.82, 2.24) is 15.2 Å². The number of thiazole rings is 1. The number of nitrogens with zero attached hydrogens (tertiary/aromatic N) is 2. The molecule has 0 radical (unpaired) electrons. The Morgan fingerprint density at radius 2 is 2.05 bits per heavy atom. The summed E-state index contributed by atoms with van der Waals surface area (Å²) < 4.78 is 0. The van der Waals surface area contributed by atoms with Crippen molar-refractivity contribution < 1.29 is 14.4 Å². The molecule has 0 spiro atoms. The molecule has 2 heterocycles. The van der Waals surface area contributed by atoms with E-state index < -0.39 is 11.6 Å². The normalized spacial score (nSPS) is 17.0. The number of urea groups is 1. The summed E-state index contributed by atoms with van der Waals surface area (Å²) in [7, 11) is 0. The number of hydrogen-bond donors (Lipinski definition) is 2. The Balaban J connectivity index is 1.90. The van der Waals surface area contributed by atoms with E-state index in [2.05, 4.69) is 15.6 Å². The molecule has 1 fully saturated rings. The van der Waals surface area contributed by atoms with Crippen LogP contribution in [0, 0.1) is 13.8 Å². The van der Waals surface area contributed by atoms with Crippen LogP contribution in [0.15, 0.2) is 0 Å². The van der Waals surface area contributed by atoms with Gasteiger partial charge in [-0.2, -0.15) is 0 Å². The second kappa shape index (κ2) is 5.44. The number of carbonyl (C=O) groups is 3. The maximum absolute atomic E-state index is 12.0. The van der Waals surface area contributed by atoms with Crippen molar-refractivity contribution in [2.24, 2.45) is 0 Å². The monoisotopic (exact) mass is 310 g/mol. The Morgan fingerprint density at radius 1 is 1.38 bits per heavy atom. The van der Waals surface area contributed by atoms with E-state index in [0.717, 1.165) is 15.5 Å². The molecule has 2 N–H and O–H groups in total. The maximum atomic E-state index is 12.0. The summed E-state index contributed by atoms with van der Waals surface area (Å²) >= 11 is 1.40. The zero-order valence-corrected chi connectivity index (χ0v) is 13.3. The van der Waals surface area contributed by atoms with E-state index in [0.29, 0.717) is 5.13 Å². The molecule has 0 aromatic carbocycles. The smallest absolute Gasteiger partial charge is 0.324 e. The number of nitrogens with one attached hydrogen (secondary N) is 2. The van der Waals surface area contributed by atoms with E-state index in [1.165, 1.54) is 11.3 Å². The van der Waals surface area contributed by atoms with Gasteiger partial charge in [0.05, 0.1) is 5.69 Å². The molecule has 1 aromatic rings. The predicted octanol–water partition coefficient (Wildman–Crippen LogP) is 1.42. The van der Waals surface area contributed by atoms with Gasteiger partial charge >= 0.3 is 6.03 Å². The molecule has 8 heteroatoms. The number of hydrogen-bond acceptors (Lipinski definition) is 5. The van der Waals surface area contributed by atoms with Gasteiger partial charge in [-0.1, -0.05) is 0 Å². The van der Waals surface area contributed by atoms with E-state index in [9.17, 15) is 14.4 Å². The molecule has 1 aliphatic heterocycles. The minimum atomic E-state index is -0.906. The summed E-state index contributed by atoms with van der Waals surface area (Å²) in [6.07, 6.45) is 0.0485. The zero-order chi connectivity index (χ0) is 15.8. The van der Waals surface area contributed by atoms with Crippen molar-refractivity contribution in [2.45, 2.75) is 39.7 Å². The van der Waals surface area contributed by atoms with Gasteiger partial charge in [0.2, 0.25) is 5.91 Å². The van der Waals surface area contributed by atoms with E-state index >= 15 is 0 Å². The van der Waals surface area contributed by atoms with Crippen LogP contribution in [-0.2, 0) is 9.59 Å². The van der Waals surface area contributed by atoms with Crippen molar-refractivity contribution in [3.63, 3.8) is 0 Å². The van der Waals surface area contributed by atoms with Gasteiger partial charge in [-0.25, -0.2) is 9.78 Å². The molecule has 0 unspecified atom stereocenters. The summed E-state index contributed by atoms with van der Waals surface area (Å²) in [4.78, 5) is 41.8. The Bertz CT molecular complexity index is 589. The van der Waals surface area contributed by atoms with Crippen LogP contribution in [0.5, 0.6) is 0 Å². The Kier molecular flexibility index (Phi) is 3.99. The lowest BCUT2D eigenvalue weighted by Crippen LogP contribution is -2.40. The topological polar surface area (TPSA) is 91.4 Å². The first kappa shape index (κ1) is 15.4. The molecular weight excluding hydrogens is 292 g/mol. The highest BCUT2D eigenvalue weighted by atomic mass is 32.1. The van der Waals surface area contributed by atoms with Crippen LogP contribution in [0.25, 0.3) is 0 Å². The third kappa shape index (κ3) is 3.21. The fourth-order valence-corrected chi connectivity index (χ4v) is 2.77. The van der Waals surface area contributed by atoms with Crippen LogP contribution < -0.4 is 10.6 Å². The number of imide groups is 1. The van der Waals surface area contributed by atoms with Crippen molar-refractivity contribution in [3.05, 3.63) is 10.6 Å². The third-order valence-corrected chi connectivity index (χ3v) is 4.27. The fourth-order valence-electron chi connectivity index (χ4n) is 1.94. The lowest BCUT2D eigenvalue weighted by Gasteiger charge is -2.15. The lowest BCUT2D eigenvalue weighted by molar-refractivity contribution is -0.130. The second-order valence-corrected chi connectivity index (χ2v) is 6.67. The zero-order valence-electron chi connectivity index (χ0n) is 12.4. The molecule has 21 heavy (non-hydrogen) atoms. The van der Waals surface area contributed by atoms with E-state index in [1.54, 1.807) is 13.8 Å². The average Bonchev–Trinajstić information content (AvgIpc) is 2.76. The minimum absolute atomic E-state index is 0.0485. The molecule has 4 amide bonds. The molecule has 1 aromatic heterocycles. The van der Waals surface area contributed by atoms with Crippen LogP contribution >= 0.6 is 11.3 Å². The Morgan fingerprint density at radius 3 is 2.52 bits per heavy atom. The summed E-state index contributed by atoms with van der Waals surface area (Å²) in [5, 5.41) is 5.78. The second-order valence-electron chi connectivity index (χ2n) is 5.47. The number of rotatable bonds is 4. The molecule has 0 bridgehead atoms. The number of anilines is 1. The van der Waals surface area contributed by atoms with Crippen LogP contribution in [0.3, 0.4) is 0 Å². The molecule has 114 valence electrons. The highest BCUT2D eigenvalue weighted by molar-refractivity contribution is 7.15. The van der Waals surface area contributed by atoms with Crippen molar-refractivity contribution >= 4 is 34.3 Å². The Hall–Kier alpha value is -1.96. The number of amides is 4. The number of aryl methyl sites for hydroxylation is 2. The van der Waals surface area contributed by atoms with Gasteiger partial charge in [-0.3, -0.25) is 14.5 Å². The maximum Gasteiger partial charge on any atom is 0.325 e. The van der Waals surface area contributed by atoms with Crippen molar-refractivity contribution in [1.29, 1.82) is 0 Å². The Labute approximate surface area is 126 Å². The molecule has 0 saturated carbocycles. The van der Waals surface area contributed by atoms with Crippen molar-refractivity contribution in [2.75, 3.05) is 11.9 Å². The first-order valence-electron chi connectivity index (χ1n) is 6.58. The first-order chi connectivity index (χ1) is 9.70. The number of carbonyl (C=O) groups excluding carboxylic acids is 3. The average molecular weight is 310 g/mol. The van der Waals surface area contributed by atoms with Crippen LogP contribution in [0.2, 0.25) is 0 Å². The molecule has 0 aliphatic carbocycles. The van der Waals surface area contributed by atoms with E-state index in [-0.39, 0.29) is 24.8 Å². The van der Waals surface area contributed by atoms with E-state index in [4.69, 9.17) is 0 Å². The summed E-state index contributed by atoms with van der Waals surface area (Å²) in [6, 6.07) is -0.460. The van der Waals surface area contributed by atoms with Crippen LogP contribution in [-0.4, -0.2) is 39.8 Å². The van der Waals surface area contributed by atoms with Gasteiger partial charge < -0.3 is 10.6 Å². The molecule has 2 rings (SSSR count). The highest BCUT2D eigenvalue weighted by Gasteiger charge is 2.43. The van der Waals surface area contributed by atoms with Gasteiger partial charge in [0, 0.05) is 17.8 Å². The molecule has 1 saturated heterocycles. The molecule has 0 atom stereocenters.